The molecule has 0 unspecified atom stereocenters. The van der Waals surface area contributed by atoms with Crippen LogP contribution in [-0.4, -0.2) is 17.1 Å². The van der Waals surface area contributed by atoms with Crippen molar-refractivity contribution in [1.29, 1.82) is 0 Å². The Kier molecular flexibility index (Phi) is 1.81. The highest BCUT2D eigenvalue weighted by Crippen LogP contribution is 2.31. The summed E-state index contributed by atoms with van der Waals surface area (Å²) >= 11 is 0. The van der Waals surface area contributed by atoms with E-state index in [9.17, 15) is 4.79 Å². The molecular weight excluding hydrogens is 166 g/mol. The van der Waals surface area contributed by atoms with Crippen LogP contribution >= 0.6 is 0 Å². The first kappa shape index (κ1) is 8.26. The van der Waals surface area contributed by atoms with Crippen LogP contribution in [0.15, 0.2) is 24.3 Å². The summed E-state index contributed by atoms with van der Waals surface area (Å²) in [4.78, 5) is 10.6. The van der Waals surface area contributed by atoms with Gasteiger partial charge in [0.25, 0.3) is 0 Å². The molecule has 0 radical (unpaired) electrons. The zero-order chi connectivity index (χ0) is 9.42. The molecule has 0 aromatic heterocycles. The van der Waals surface area contributed by atoms with Crippen LogP contribution in [0.2, 0.25) is 0 Å². The molecule has 0 spiro atoms. The van der Waals surface area contributed by atoms with Gasteiger partial charge < -0.3 is 5.11 Å². The minimum atomic E-state index is -0.770. The minimum absolute atomic E-state index is 0.0127. The van der Waals surface area contributed by atoms with Crippen molar-refractivity contribution in [3.8, 4) is 0 Å². The van der Waals surface area contributed by atoms with Crippen molar-refractivity contribution in [1.82, 2.24) is 5.32 Å². The van der Waals surface area contributed by atoms with E-state index in [1.165, 1.54) is 0 Å². The number of nitrogens with one attached hydrogen (secondary N) is 1. The lowest BCUT2D eigenvalue weighted by atomic mass is 10.0. The van der Waals surface area contributed by atoms with Crippen molar-refractivity contribution in [2.45, 2.75) is 19.0 Å². The third kappa shape index (κ3) is 1.42. The summed E-state index contributed by atoms with van der Waals surface area (Å²) in [6.45, 7) is 1.99. The van der Waals surface area contributed by atoms with Crippen molar-refractivity contribution in [2.24, 2.45) is 0 Å². The fourth-order valence-electron chi connectivity index (χ4n) is 1.56. The molecule has 1 fully saturated rings. The van der Waals surface area contributed by atoms with Crippen molar-refractivity contribution < 1.29 is 9.90 Å². The molecule has 2 N–H and O–H groups in total. The number of carbonyl (C=O) groups is 1. The first-order valence-electron chi connectivity index (χ1n) is 4.24. The maximum Gasteiger partial charge on any atom is 0.322 e. The first-order valence-corrected chi connectivity index (χ1v) is 4.24. The van der Waals surface area contributed by atoms with Gasteiger partial charge in [-0.1, -0.05) is 24.3 Å². The number of aliphatic carboxylic acids is 1. The second-order valence-corrected chi connectivity index (χ2v) is 3.32. The highest BCUT2D eigenvalue weighted by atomic mass is 16.4. The van der Waals surface area contributed by atoms with Gasteiger partial charge >= 0.3 is 5.97 Å². The van der Waals surface area contributed by atoms with E-state index < -0.39 is 5.97 Å². The van der Waals surface area contributed by atoms with Crippen LogP contribution in [0.3, 0.4) is 0 Å². The lowest BCUT2D eigenvalue weighted by Gasteiger charge is -2.00. The van der Waals surface area contributed by atoms with Crippen LogP contribution in [0.25, 0.3) is 0 Å². The molecule has 1 saturated heterocycles. The van der Waals surface area contributed by atoms with Crippen LogP contribution in [0.1, 0.15) is 17.2 Å². The van der Waals surface area contributed by atoms with E-state index in [0.29, 0.717) is 0 Å². The highest BCUT2D eigenvalue weighted by molar-refractivity contribution is 5.78. The molecule has 0 saturated carbocycles. The van der Waals surface area contributed by atoms with Gasteiger partial charge in [-0.3, -0.25) is 10.1 Å². The second kappa shape index (κ2) is 2.85. The van der Waals surface area contributed by atoms with E-state index >= 15 is 0 Å². The Bertz CT molecular complexity index is 349. The standard InChI is InChI=1S/C10H11NO2/c1-6-4-2-3-5-7(6)8-9(11-8)10(12)13/h2-5,8-9,11H,1H3,(H,12,13)/t8-,9+/m0/s1. The van der Waals surface area contributed by atoms with Crippen LogP contribution in [0.5, 0.6) is 0 Å². The fourth-order valence-corrected chi connectivity index (χ4v) is 1.56. The zero-order valence-corrected chi connectivity index (χ0v) is 7.32. The highest BCUT2D eigenvalue weighted by Gasteiger charge is 2.43. The minimum Gasteiger partial charge on any atom is -0.480 e. The van der Waals surface area contributed by atoms with E-state index in [2.05, 4.69) is 5.32 Å². The van der Waals surface area contributed by atoms with Crippen LogP contribution in [0, 0.1) is 6.92 Å². The third-order valence-electron chi connectivity index (χ3n) is 2.37. The molecule has 1 aromatic carbocycles. The lowest BCUT2D eigenvalue weighted by molar-refractivity contribution is -0.136. The summed E-state index contributed by atoms with van der Waals surface area (Å²) in [7, 11) is 0. The number of benzene rings is 1. The topological polar surface area (TPSA) is 59.2 Å². The molecule has 3 heteroatoms. The summed E-state index contributed by atoms with van der Waals surface area (Å²) in [5, 5.41) is 11.6. The smallest absolute Gasteiger partial charge is 0.322 e. The quantitative estimate of drug-likeness (QED) is 0.665. The van der Waals surface area contributed by atoms with E-state index in [0.717, 1.165) is 11.1 Å². The molecule has 2 atom stereocenters. The number of hydrogen-bond acceptors (Lipinski definition) is 2. The number of hydrogen-bond donors (Lipinski definition) is 2. The molecule has 1 aliphatic rings. The average Bonchev–Trinajstić information content (AvgIpc) is 2.84. The SMILES string of the molecule is Cc1ccccc1[C@@H]1N[C@H]1C(=O)O. The molecule has 1 heterocycles. The van der Waals surface area contributed by atoms with Gasteiger partial charge in [-0.15, -0.1) is 0 Å². The molecule has 2 rings (SSSR count). The van der Waals surface area contributed by atoms with Crippen molar-refractivity contribution in [3.63, 3.8) is 0 Å². The summed E-state index contributed by atoms with van der Waals surface area (Å²) in [5.41, 5.74) is 2.23. The molecule has 1 aliphatic heterocycles. The van der Waals surface area contributed by atoms with Gasteiger partial charge in [0, 0.05) is 0 Å². The largest absolute Gasteiger partial charge is 0.480 e. The summed E-state index contributed by atoms with van der Waals surface area (Å²) in [6, 6.07) is 7.47. The zero-order valence-electron chi connectivity index (χ0n) is 7.32. The predicted octanol–water partition coefficient (Wildman–Crippen LogP) is 1.09. The van der Waals surface area contributed by atoms with Crippen molar-refractivity contribution in [2.75, 3.05) is 0 Å². The number of aryl methyl sites for hydroxylation is 1. The lowest BCUT2D eigenvalue weighted by Crippen LogP contribution is -2.07. The average molecular weight is 177 g/mol. The maximum atomic E-state index is 10.6. The van der Waals surface area contributed by atoms with Gasteiger partial charge in [0.15, 0.2) is 0 Å². The molecule has 0 amide bonds. The van der Waals surface area contributed by atoms with E-state index in [1.54, 1.807) is 0 Å². The molecule has 0 aliphatic carbocycles. The Labute approximate surface area is 76.4 Å². The van der Waals surface area contributed by atoms with Gasteiger partial charge in [0.2, 0.25) is 0 Å². The molecule has 1 aromatic rings. The van der Waals surface area contributed by atoms with Gasteiger partial charge in [-0.2, -0.15) is 0 Å². The van der Waals surface area contributed by atoms with Crippen molar-refractivity contribution in [3.05, 3.63) is 35.4 Å². The molecular formula is C10H11NO2. The Morgan fingerprint density at radius 1 is 1.46 bits per heavy atom. The molecule has 13 heavy (non-hydrogen) atoms. The fraction of sp³-hybridized carbons (Fsp3) is 0.300. The Balaban J connectivity index is 2.21. The second-order valence-electron chi connectivity index (χ2n) is 3.32. The summed E-state index contributed by atoms with van der Waals surface area (Å²) < 4.78 is 0. The number of rotatable bonds is 2. The summed E-state index contributed by atoms with van der Waals surface area (Å²) in [6.07, 6.45) is 0. The first-order chi connectivity index (χ1) is 6.20. The number of carboxylic acid groups (broad SMARTS) is 1. The van der Waals surface area contributed by atoms with E-state index in [-0.39, 0.29) is 12.1 Å². The Morgan fingerprint density at radius 3 is 2.69 bits per heavy atom. The van der Waals surface area contributed by atoms with Crippen LogP contribution < -0.4 is 5.32 Å². The third-order valence-corrected chi connectivity index (χ3v) is 2.37. The van der Waals surface area contributed by atoms with E-state index in [1.807, 2.05) is 31.2 Å². The molecule has 3 nitrogen and oxygen atoms in total. The molecule has 0 bridgehead atoms. The van der Waals surface area contributed by atoms with E-state index in [4.69, 9.17) is 5.11 Å². The monoisotopic (exact) mass is 177 g/mol. The van der Waals surface area contributed by atoms with Crippen LogP contribution in [-0.2, 0) is 4.79 Å². The van der Waals surface area contributed by atoms with Gasteiger partial charge in [-0.05, 0) is 18.1 Å². The summed E-state index contributed by atoms with van der Waals surface area (Å²) in [5.74, 6) is -0.770. The van der Waals surface area contributed by atoms with Gasteiger partial charge in [0.05, 0.1) is 6.04 Å². The molecule has 68 valence electrons. The predicted molar refractivity (Wildman–Crippen MR) is 48.5 cm³/mol. The van der Waals surface area contributed by atoms with Gasteiger partial charge in [-0.25, -0.2) is 0 Å². The number of carboxylic acids is 1. The normalized spacial score (nSPS) is 25.6. The van der Waals surface area contributed by atoms with Crippen LogP contribution in [0.4, 0.5) is 0 Å². The van der Waals surface area contributed by atoms with Crippen molar-refractivity contribution >= 4 is 5.97 Å². The Morgan fingerprint density at radius 2 is 2.15 bits per heavy atom. The maximum absolute atomic E-state index is 10.6. The Hall–Kier alpha value is -1.35. The van der Waals surface area contributed by atoms with Gasteiger partial charge in [0.1, 0.15) is 6.04 Å².